The number of aliphatic carboxylic acids is 1. The molecular formula is C8H12N4O3S. The molecule has 16 heavy (non-hydrogen) atoms. The fourth-order valence-corrected chi connectivity index (χ4v) is 2.18. The van der Waals surface area contributed by atoms with Crippen LogP contribution in [0.2, 0.25) is 0 Å². The van der Waals surface area contributed by atoms with E-state index in [-0.39, 0.29) is 6.61 Å². The molecule has 0 aromatic carbocycles. The van der Waals surface area contributed by atoms with Gasteiger partial charge in [-0.25, -0.2) is 4.68 Å². The van der Waals surface area contributed by atoms with E-state index in [4.69, 9.17) is 9.84 Å². The lowest BCUT2D eigenvalue weighted by molar-refractivity contribution is -0.137. The number of carbonyl (C=O) groups is 1. The molecule has 8 heteroatoms. The Labute approximate surface area is 96.2 Å². The Morgan fingerprint density at radius 3 is 3.06 bits per heavy atom. The number of ether oxygens (including phenoxy) is 1. The third-order valence-electron chi connectivity index (χ3n) is 2.20. The van der Waals surface area contributed by atoms with Crippen LogP contribution in [0.4, 0.5) is 0 Å². The smallest absolute Gasteiger partial charge is 0.319 e. The first-order valence-corrected chi connectivity index (χ1v) is 5.76. The highest BCUT2D eigenvalue weighted by atomic mass is 32.2. The molecule has 1 unspecified atom stereocenters. The third kappa shape index (κ3) is 2.50. The topological polar surface area (TPSA) is 90.1 Å². The van der Waals surface area contributed by atoms with Crippen LogP contribution in [0.5, 0.6) is 0 Å². The van der Waals surface area contributed by atoms with E-state index >= 15 is 0 Å². The molecule has 1 aromatic rings. The Hall–Kier alpha value is -1.15. The summed E-state index contributed by atoms with van der Waals surface area (Å²) in [5.41, 5.74) is 0. The molecule has 1 aliphatic carbocycles. The Bertz CT molecular complexity index is 379. The normalized spacial score (nSPS) is 17.3. The SMILES string of the molecule is COCC(Sc1nnnn1C1CC1)C(=O)O. The first kappa shape index (κ1) is 11.3. The molecule has 0 saturated heterocycles. The summed E-state index contributed by atoms with van der Waals surface area (Å²) in [6.07, 6.45) is 2.11. The van der Waals surface area contributed by atoms with Crippen LogP contribution in [-0.4, -0.2) is 50.2 Å². The van der Waals surface area contributed by atoms with Gasteiger partial charge in [0.15, 0.2) is 0 Å². The van der Waals surface area contributed by atoms with Crippen molar-refractivity contribution in [2.75, 3.05) is 13.7 Å². The van der Waals surface area contributed by atoms with Crippen molar-refractivity contribution in [1.82, 2.24) is 20.2 Å². The zero-order valence-corrected chi connectivity index (χ0v) is 9.55. The lowest BCUT2D eigenvalue weighted by atomic mass is 10.5. The minimum Gasteiger partial charge on any atom is -0.480 e. The molecule has 2 rings (SSSR count). The summed E-state index contributed by atoms with van der Waals surface area (Å²) in [6, 6.07) is 0.342. The maximum atomic E-state index is 10.9. The summed E-state index contributed by atoms with van der Waals surface area (Å²) in [5, 5.41) is 20.1. The van der Waals surface area contributed by atoms with Crippen molar-refractivity contribution in [2.45, 2.75) is 29.3 Å². The molecule has 1 atom stereocenters. The van der Waals surface area contributed by atoms with Crippen LogP contribution in [0.25, 0.3) is 0 Å². The van der Waals surface area contributed by atoms with E-state index < -0.39 is 11.2 Å². The zero-order valence-electron chi connectivity index (χ0n) is 8.74. The van der Waals surface area contributed by atoms with Crippen molar-refractivity contribution in [3.05, 3.63) is 0 Å². The molecule has 7 nitrogen and oxygen atoms in total. The highest BCUT2D eigenvalue weighted by Crippen LogP contribution is 2.37. The predicted octanol–water partition coefficient (Wildman–Crippen LogP) is 0.200. The maximum Gasteiger partial charge on any atom is 0.319 e. The van der Waals surface area contributed by atoms with Crippen molar-refractivity contribution in [2.24, 2.45) is 0 Å². The molecule has 88 valence electrons. The summed E-state index contributed by atoms with van der Waals surface area (Å²) in [6.45, 7) is 0.136. The second-order valence-electron chi connectivity index (χ2n) is 3.54. The summed E-state index contributed by atoms with van der Waals surface area (Å²) in [4.78, 5) is 10.9. The number of carboxylic acid groups (broad SMARTS) is 1. The van der Waals surface area contributed by atoms with Crippen molar-refractivity contribution in [1.29, 1.82) is 0 Å². The van der Waals surface area contributed by atoms with Gasteiger partial charge in [-0.3, -0.25) is 4.79 Å². The van der Waals surface area contributed by atoms with Crippen LogP contribution in [0, 0.1) is 0 Å². The van der Waals surface area contributed by atoms with Gasteiger partial charge in [0.25, 0.3) is 0 Å². The fourth-order valence-electron chi connectivity index (χ4n) is 1.25. The van der Waals surface area contributed by atoms with Crippen molar-refractivity contribution in [3.8, 4) is 0 Å². The Morgan fingerprint density at radius 2 is 2.50 bits per heavy atom. The average molecular weight is 244 g/mol. The number of tetrazole rings is 1. The standard InChI is InChI=1S/C8H12N4O3S/c1-15-4-6(7(13)14)16-8-9-10-11-12(8)5-2-3-5/h5-6H,2-4H2,1H3,(H,13,14). The first-order valence-electron chi connectivity index (χ1n) is 4.88. The number of carboxylic acids is 1. The molecule has 0 radical (unpaired) electrons. The molecule has 1 heterocycles. The summed E-state index contributed by atoms with van der Waals surface area (Å²) in [7, 11) is 1.47. The van der Waals surface area contributed by atoms with Crippen molar-refractivity contribution in [3.63, 3.8) is 0 Å². The van der Waals surface area contributed by atoms with Gasteiger partial charge in [0.2, 0.25) is 5.16 Å². The number of hydrogen-bond donors (Lipinski definition) is 1. The second-order valence-corrected chi connectivity index (χ2v) is 4.71. The van der Waals surface area contributed by atoms with Crippen molar-refractivity contribution < 1.29 is 14.6 Å². The fraction of sp³-hybridized carbons (Fsp3) is 0.750. The average Bonchev–Trinajstić information content (AvgIpc) is 2.99. The Balaban J connectivity index is 2.05. The third-order valence-corrected chi connectivity index (χ3v) is 3.30. The van der Waals surface area contributed by atoms with Gasteiger partial charge in [0.05, 0.1) is 12.6 Å². The van der Waals surface area contributed by atoms with Crippen molar-refractivity contribution >= 4 is 17.7 Å². The van der Waals surface area contributed by atoms with Gasteiger partial charge in [-0.1, -0.05) is 11.8 Å². The largest absolute Gasteiger partial charge is 0.480 e. The molecule has 1 fully saturated rings. The minimum absolute atomic E-state index is 0.136. The summed E-state index contributed by atoms with van der Waals surface area (Å²) >= 11 is 1.13. The molecule has 0 spiro atoms. The molecule has 1 aromatic heterocycles. The minimum atomic E-state index is -0.919. The highest BCUT2D eigenvalue weighted by Gasteiger charge is 2.30. The molecule has 1 aliphatic rings. The Morgan fingerprint density at radius 1 is 1.75 bits per heavy atom. The summed E-state index contributed by atoms with van der Waals surface area (Å²) in [5.74, 6) is -0.919. The van der Waals surface area contributed by atoms with Crippen LogP contribution in [-0.2, 0) is 9.53 Å². The van der Waals surface area contributed by atoms with Gasteiger partial charge >= 0.3 is 5.97 Å². The molecule has 0 amide bonds. The lowest BCUT2D eigenvalue weighted by Crippen LogP contribution is -2.22. The van der Waals surface area contributed by atoms with E-state index in [1.165, 1.54) is 7.11 Å². The van der Waals surface area contributed by atoms with Gasteiger partial charge in [-0.2, -0.15) is 0 Å². The second kappa shape index (κ2) is 4.79. The van der Waals surface area contributed by atoms with E-state index in [1.807, 2.05) is 0 Å². The van der Waals surface area contributed by atoms with Crippen LogP contribution in [0.15, 0.2) is 5.16 Å². The van der Waals surface area contributed by atoms with Gasteiger partial charge in [0, 0.05) is 7.11 Å². The molecule has 0 aliphatic heterocycles. The van der Waals surface area contributed by atoms with E-state index in [1.54, 1.807) is 4.68 Å². The van der Waals surface area contributed by atoms with Crippen LogP contribution in [0.1, 0.15) is 18.9 Å². The number of nitrogens with zero attached hydrogens (tertiary/aromatic N) is 4. The zero-order chi connectivity index (χ0) is 11.5. The molecular weight excluding hydrogens is 232 g/mol. The quantitative estimate of drug-likeness (QED) is 0.715. The van der Waals surface area contributed by atoms with E-state index in [2.05, 4.69) is 15.5 Å². The number of rotatable bonds is 6. The van der Waals surface area contributed by atoms with E-state index in [9.17, 15) is 4.79 Å². The van der Waals surface area contributed by atoms with E-state index in [0.717, 1.165) is 24.6 Å². The molecule has 1 saturated carbocycles. The monoisotopic (exact) mass is 244 g/mol. The number of hydrogen-bond acceptors (Lipinski definition) is 6. The molecule has 1 N–H and O–H groups in total. The van der Waals surface area contributed by atoms with Gasteiger partial charge < -0.3 is 9.84 Å². The van der Waals surface area contributed by atoms with E-state index in [0.29, 0.717) is 11.2 Å². The maximum absolute atomic E-state index is 10.9. The number of thioether (sulfide) groups is 1. The Kier molecular flexibility index (Phi) is 3.39. The van der Waals surface area contributed by atoms with Gasteiger partial charge in [0.1, 0.15) is 5.25 Å². The molecule has 0 bridgehead atoms. The highest BCUT2D eigenvalue weighted by molar-refractivity contribution is 8.00. The van der Waals surface area contributed by atoms with Crippen LogP contribution < -0.4 is 0 Å². The summed E-state index contributed by atoms with van der Waals surface area (Å²) < 4.78 is 6.54. The predicted molar refractivity (Wildman–Crippen MR) is 55.2 cm³/mol. The number of methoxy groups -OCH3 is 1. The first-order chi connectivity index (χ1) is 7.72. The van der Waals surface area contributed by atoms with Crippen LogP contribution in [0.3, 0.4) is 0 Å². The number of aromatic nitrogens is 4. The van der Waals surface area contributed by atoms with Gasteiger partial charge in [-0.15, -0.1) is 5.10 Å². The lowest BCUT2D eigenvalue weighted by Gasteiger charge is -2.09. The van der Waals surface area contributed by atoms with Gasteiger partial charge in [-0.05, 0) is 23.3 Å². The van der Waals surface area contributed by atoms with Crippen LogP contribution >= 0.6 is 11.8 Å².